The van der Waals surface area contributed by atoms with Crippen molar-refractivity contribution in [3.8, 4) is 0 Å². The van der Waals surface area contributed by atoms with Crippen LogP contribution in [0.2, 0.25) is 0 Å². The van der Waals surface area contributed by atoms with E-state index >= 15 is 0 Å². The first kappa shape index (κ1) is 18.2. The molecule has 0 fully saturated rings. The van der Waals surface area contributed by atoms with Crippen molar-refractivity contribution in [1.29, 1.82) is 0 Å². The maximum Gasteiger partial charge on any atom is 0.303 e. The molecule has 0 heterocycles. The largest absolute Gasteiger partial charge is 0.481 e. The van der Waals surface area contributed by atoms with Gasteiger partial charge in [0.2, 0.25) is 0 Å². The molecule has 0 saturated carbocycles. The summed E-state index contributed by atoms with van der Waals surface area (Å²) in [5.74, 6) is -0.678. The fraction of sp³-hybridized carbons (Fsp3) is 0.824. The Bertz CT molecular complexity index is 221. The van der Waals surface area contributed by atoms with Gasteiger partial charge in [0.15, 0.2) is 0 Å². The van der Waals surface area contributed by atoms with Crippen molar-refractivity contribution in [3.63, 3.8) is 0 Å². The van der Waals surface area contributed by atoms with E-state index in [9.17, 15) is 4.79 Å². The Balaban J connectivity index is 3.06. The van der Waals surface area contributed by atoms with E-state index in [1.165, 1.54) is 57.8 Å². The van der Waals surface area contributed by atoms with Gasteiger partial charge in [-0.2, -0.15) is 0 Å². The molecule has 2 nitrogen and oxygen atoms in total. The molecule has 19 heavy (non-hydrogen) atoms. The van der Waals surface area contributed by atoms with E-state index in [-0.39, 0.29) is 0 Å². The summed E-state index contributed by atoms with van der Waals surface area (Å²) in [6, 6.07) is 0. The maximum atomic E-state index is 10.3. The van der Waals surface area contributed by atoms with E-state index in [0.717, 1.165) is 19.3 Å². The van der Waals surface area contributed by atoms with Crippen molar-refractivity contribution in [2.75, 3.05) is 0 Å². The molecule has 1 N–H and O–H groups in total. The third-order valence-corrected chi connectivity index (χ3v) is 3.40. The van der Waals surface area contributed by atoms with Crippen LogP contribution in [0.4, 0.5) is 0 Å². The van der Waals surface area contributed by atoms with Gasteiger partial charge >= 0.3 is 5.97 Å². The summed E-state index contributed by atoms with van der Waals surface area (Å²) in [5, 5.41) is 8.49. The van der Waals surface area contributed by atoms with Crippen molar-refractivity contribution >= 4 is 5.97 Å². The van der Waals surface area contributed by atoms with E-state index in [1.54, 1.807) is 0 Å². The van der Waals surface area contributed by atoms with Gasteiger partial charge in [-0.3, -0.25) is 4.79 Å². The molecule has 0 spiro atoms. The minimum absolute atomic E-state index is 0.311. The number of hydrogen-bond acceptors (Lipinski definition) is 1. The maximum absolute atomic E-state index is 10.3. The number of unbranched alkanes of at least 4 members (excludes halogenated alkanes) is 10. The van der Waals surface area contributed by atoms with Crippen LogP contribution in [0.5, 0.6) is 0 Å². The van der Waals surface area contributed by atoms with Crippen LogP contribution in [0.3, 0.4) is 0 Å². The quantitative estimate of drug-likeness (QED) is 0.323. The molecule has 2 heteroatoms. The zero-order valence-electron chi connectivity index (χ0n) is 12.7. The van der Waals surface area contributed by atoms with Crippen LogP contribution in [0.1, 0.15) is 90.4 Å². The van der Waals surface area contributed by atoms with Crippen molar-refractivity contribution < 1.29 is 9.90 Å². The Morgan fingerprint density at radius 3 is 1.79 bits per heavy atom. The highest BCUT2D eigenvalue weighted by Gasteiger charge is 1.94. The molecule has 0 bridgehead atoms. The van der Waals surface area contributed by atoms with Gasteiger partial charge in [-0.05, 0) is 32.1 Å². The van der Waals surface area contributed by atoms with E-state index in [2.05, 4.69) is 19.1 Å². The van der Waals surface area contributed by atoms with Crippen molar-refractivity contribution in [2.24, 2.45) is 0 Å². The second-order valence-corrected chi connectivity index (χ2v) is 5.37. The summed E-state index contributed by atoms with van der Waals surface area (Å²) >= 11 is 0. The summed E-state index contributed by atoms with van der Waals surface area (Å²) in [5.41, 5.74) is 0. The standard InChI is InChI=1S/C17H32O2/c1-2-3-4-5-6-7-8-9-10-11-12-13-14-15-16-17(18)19/h11-12H,2-10,13-16H2,1H3,(H,18,19). The second-order valence-electron chi connectivity index (χ2n) is 5.37. The Kier molecular flexibility index (Phi) is 14.6. The lowest BCUT2D eigenvalue weighted by Crippen LogP contribution is -1.92. The summed E-state index contributed by atoms with van der Waals surface area (Å²) in [7, 11) is 0. The first-order valence-electron chi connectivity index (χ1n) is 8.14. The summed E-state index contributed by atoms with van der Waals surface area (Å²) in [6.07, 6.45) is 19.8. The van der Waals surface area contributed by atoms with Crippen LogP contribution < -0.4 is 0 Å². The van der Waals surface area contributed by atoms with Gasteiger partial charge in [0.25, 0.3) is 0 Å². The van der Waals surface area contributed by atoms with Crippen molar-refractivity contribution in [1.82, 2.24) is 0 Å². The van der Waals surface area contributed by atoms with Crippen molar-refractivity contribution in [3.05, 3.63) is 12.2 Å². The van der Waals surface area contributed by atoms with Crippen LogP contribution >= 0.6 is 0 Å². The number of carbonyl (C=O) groups is 1. The number of allylic oxidation sites excluding steroid dienone is 2. The average molecular weight is 268 g/mol. The minimum Gasteiger partial charge on any atom is -0.481 e. The Morgan fingerprint density at radius 1 is 0.789 bits per heavy atom. The number of carboxylic acid groups (broad SMARTS) is 1. The molecule has 112 valence electrons. The van der Waals surface area contributed by atoms with Gasteiger partial charge in [-0.15, -0.1) is 0 Å². The topological polar surface area (TPSA) is 37.3 Å². The smallest absolute Gasteiger partial charge is 0.303 e. The zero-order valence-corrected chi connectivity index (χ0v) is 12.7. The minimum atomic E-state index is -0.678. The van der Waals surface area contributed by atoms with Crippen molar-refractivity contribution in [2.45, 2.75) is 90.4 Å². The lowest BCUT2D eigenvalue weighted by atomic mass is 10.1. The van der Waals surface area contributed by atoms with Crippen LogP contribution in [-0.4, -0.2) is 11.1 Å². The molecule has 0 aliphatic carbocycles. The van der Waals surface area contributed by atoms with Crippen LogP contribution in [0.25, 0.3) is 0 Å². The third kappa shape index (κ3) is 17.2. The van der Waals surface area contributed by atoms with Crippen LogP contribution in [0.15, 0.2) is 12.2 Å². The second kappa shape index (κ2) is 15.3. The predicted octanol–water partition coefficient (Wildman–Crippen LogP) is 5.72. The number of carboxylic acids is 1. The Morgan fingerprint density at radius 2 is 1.26 bits per heavy atom. The molecule has 0 aliphatic rings. The number of rotatable bonds is 14. The van der Waals surface area contributed by atoms with Gasteiger partial charge < -0.3 is 5.11 Å². The van der Waals surface area contributed by atoms with Gasteiger partial charge in [-0.25, -0.2) is 0 Å². The molecular weight excluding hydrogens is 236 g/mol. The fourth-order valence-electron chi connectivity index (χ4n) is 2.17. The fourth-order valence-corrected chi connectivity index (χ4v) is 2.17. The van der Waals surface area contributed by atoms with Gasteiger partial charge in [0.05, 0.1) is 0 Å². The van der Waals surface area contributed by atoms with E-state index in [1.807, 2.05) is 0 Å². The Hall–Kier alpha value is -0.790. The monoisotopic (exact) mass is 268 g/mol. The van der Waals surface area contributed by atoms with Gasteiger partial charge in [-0.1, -0.05) is 64.0 Å². The molecule has 0 aliphatic heterocycles. The lowest BCUT2D eigenvalue weighted by Gasteiger charge is -1.99. The summed E-state index contributed by atoms with van der Waals surface area (Å²) in [6.45, 7) is 2.26. The zero-order chi connectivity index (χ0) is 14.2. The first-order valence-corrected chi connectivity index (χ1v) is 8.14. The number of hydrogen-bond donors (Lipinski definition) is 1. The van der Waals surface area contributed by atoms with Gasteiger partial charge in [0.1, 0.15) is 0 Å². The van der Waals surface area contributed by atoms with E-state index in [4.69, 9.17) is 5.11 Å². The molecule has 0 saturated heterocycles. The highest BCUT2D eigenvalue weighted by molar-refractivity contribution is 5.66. The molecule has 0 aromatic rings. The Labute approximate surface area is 119 Å². The molecule has 0 amide bonds. The lowest BCUT2D eigenvalue weighted by molar-refractivity contribution is -0.137. The van der Waals surface area contributed by atoms with E-state index < -0.39 is 5.97 Å². The first-order chi connectivity index (χ1) is 9.27. The molecule has 0 unspecified atom stereocenters. The third-order valence-electron chi connectivity index (χ3n) is 3.40. The molecular formula is C17H32O2. The molecule has 0 aromatic carbocycles. The molecule has 0 atom stereocenters. The van der Waals surface area contributed by atoms with E-state index in [0.29, 0.717) is 6.42 Å². The van der Waals surface area contributed by atoms with Crippen LogP contribution in [-0.2, 0) is 4.79 Å². The molecule has 0 aromatic heterocycles. The summed E-state index contributed by atoms with van der Waals surface area (Å²) in [4.78, 5) is 10.3. The SMILES string of the molecule is CCCCCCCCCCC=CCCCCC(=O)O. The molecule has 0 radical (unpaired) electrons. The normalized spacial score (nSPS) is 11.2. The van der Waals surface area contributed by atoms with Crippen LogP contribution in [0, 0.1) is 0 Å². The summed E-state index contributed by atoms with van der Waals surface area (Å²) < 4.78 is 0. The predicted molar refractivity (Wildman–Crippen MR) is 82.5 cm³/mol. The van der Waals surface area contributed by atoms with Gasteiger partial charge in [0, 0.05) is 6.42 Å². The molecule has 0 rings (SSSR count). The number of aliphatic carboxylic acids is 1. The average Bonchev–Trinajstić information content (AvgIpc) is 2.39. The highest BCUT2D eigenvalue weighted by Crippen LogP contribution is 2.10. The highest BCUT2D eigenvalue weighted by atomic mass is 16.4.